The number of benzene rings is 1. The largest absolute Gasteiger partial charge is 0.497 e. The van der Waals surface area contributed by atoms with Crippen LogP contribution in [0.1, 0.15) is 63.5 Å². The van der Waals surface area contributed by atoms with E-state index in [1.807, 2.05) is 48.4 Å². The molecule has 5 heterocycles. The molecule has 0 radical (unpaired) electrons. The highest BCUT2D eigenvalue weighted by Gasteiger charge is 2.59. The molecule has 3 aliphatic rings. The molecule has 0 bridgehead atoms. The minimum atomic E-state index is -0.512. The van der Waals surface area contributed by atoms with Gasteiger partial charge in [-0.1, -0.05) is 18.2 Å². The predicted octanol–water partition coefficient (Wildman–Crippen LogP) is 6.25. The zero-order valence-electron chi connectivity index (χ0n) is 24.0. The first-order chi connectivity index (χ1) is 20.4. The zero-order valence-corrected chi connectivity index (χ0v) is 24.8. The molecular weight excluding hydrogens is 551 g/mol. The molecule has 2 fully saturated rings. The van der Waals surface area contributed by atoms with Gasteiger partial charge < -0.3 is 19.9 Å². The van der Waals surface area contributed by atoms with Crippen LogP contribution in [0.25, 0.3) is 10.6 Å². The van der Waals surface area contributed by atoms with Crippen molar-refractivity contribution in [1.82, 2.24) is 24.8 Å². The van der Waals surface area contributed by atoms with Gasteiger partial charge in [-0.25, -0.2) is 19.3 Å². The third-order valence-electron chi connectivity index (χ3n) is 8.94. The molecule has 216 valence electrons. The van der Waals surface area contributed by atoms with Crippen LogP contribution in [-0.2, 0) is 12.1 Å². The van der Waals surface area contributed by atoms with Gasteiger partial charge in [-0.05, 0) is 93.6 Å². The van der Waals surface area contributed by atoms with E-state index in [9.17, 15) is 4.79 Å². The fraction of sp³-hybridized carbons (Fsp3) is 0.375. The quantitative estimate of drug-likeness (QED) is 0.275. The number of hydrogen-bond donors (Lipinski definition) is 1. The highest BCUT2D eigenvalue weighted by atomic mass is 32.1. The summed E-state index contributed by atoms with van der Waals surface area (Å²) in [5.74, 6) is 1.67. The third kappa shape index (κ3) is 4.62. The second-order valence-electron chi connectivity index (χ2n) is 11.6. The number of thiophene rings is 1. The fourth-order valence-electron chi connectivity index (χ4n) is 6.29. The summed E-state index contributed by atoms with van der Waals surface area (Å²) in [5.41, 5.74) is 3.64. The summed E-state index contributed by atoms with van der Waals surface area (Å²) in [6, 6.07) is 11.8. The van der Waals surface area contributed by atoms with E-state index in [4.69, 9.17) is 4.74 Å². The number of rotatable bonds is 7. The summed E-state index contributed by atoms with van der Waals surface area (Å²) in [7, 11) is 3.80. The molecule has 2 aliphatic heterocycles. The van der Waals surface area contributed by atoms with Crippen molar-refractivity contribution in [2.24, 2.45) is 0 Å². The number of halogens is 1. The Bertz CT molecular complexity index is 1640. The van der Waals surface area contributed by atoms with Gasteiger partial charge in [0.25, 0.3) is 5.91 Å². The topological polar surface area (TPSA) is 83.5 Å². The lowest BCUT2D eigenvalue weighted by atomic mass is 9.91. The molecule has 0 unspecified atom stereocenters. The molecule has 42 heavy (non-hydrogen) atoms. The number of pyridine rings is 1. The van der Waals surface area contributed by atoms with E-state index in [2.05, 4.69) is 38.3 Å². The van der Waals surface area contributed by atoms with Crippen LogP contribution in [0, 0.1) is 12.7 Å². The van der Waals surface area contributed by atoms with Gasteiger partial charge in [0, 0.05) is 17.6 Å². The Morgan fingerprint density at radius 3 is 2.52 bits per heavy atom. The predicted molar refractivity (Wildman–Crippen MR) is 161 cm³/mol. The van der Waals surface area contributed by atoms with E-state index in [0.717, 1.165) is 60.5 Å². The van der Waals surface area contributed by atoms with Crippen molar-refractivity contribution in [3.63, 3.8) is 0 Å². The molecule has 1 aromatic carbocycles. The maximum absolute atomic E-state index is 15.2. The summed E-state index contributed by atoms with van der Waals surface area (Å²) in [6.07, 6.45) is 7.16. The number of fused-ring (bicyclic) bond motifs is 2. The van der Waals surface area contributed by atoms with E-state index in [0.29, 0.717) is 28.7 Å². The van der Waals surface area contributed by atoms with Gasteiger partial charge >= 0.3 is 0 Å². The van der Waals surface area contributed by atoms with Crippen molar-refractivity contribution in [1.29, 1.82) is 0 Å². The van der Waals surface area contributed by atoms with Gasteiger partial charge in [-0.2, -0.15) is 0 Å². The molecule has 3 aromatic heterocycles. The summed E-state index contributed by atoms with van der Waals surface area (Å²) in [4.78, 5) is 33.1. The Morgan fingerprint density at radius 1 is 1.10 bits per heavy atom. The fourth-order valence-corrected chi connectivity index (χ4v) is 7.84. The summed E-state index contributed by atoms with van der Waals surface area (Å²) in [6.45, 7) is 4.61. The van der Waals surface area contributed by atoms with E-state index < -0.39 is 5.82 Å². The van der Waals surface area contributed by atoms with Crippen molar-refractivity contribution in [2.45, 2.75) is 50.6 Å². The Kier molecular flexibility index (Phi) is 6.70. The number of anilines is 2. The lowest BCUT2D eigenvalue weighted by molar-refractivity contribution is 0.0684. The number of amides is 1. The van der Waals surface area contributed by atoms with Gasteiger partial charge in [-0.3, -0.25) is 4.79 Å². The van der Waals surface area contributed by atoms with Crippen LogP contribution in [-0.4, -0.2) is 57.9 Å². The molecule has 1 spiro atoms. The average Bonchev–Trinajstić information content (AvgIpc) is 3.69. The molecule has 0 atom stereocenters. The Labute approximate surface area is 248 Å². The molecule has 1 saturated carbocycles. The van der Waals surface area contributed by atoms with E-state index >= 15 is 4.39 Å². The number of aromatic nitrogens is 3. The van der Waals surface area contributed by atoms with Crippen molar-refractivity contribution >= 4 is 29.0 Å². The van der Waals surface area contributed by atoms with Crippen LogP contribution in [0.5, 0.6) is 5.75 Å². The normalized spacial score (nSPS) is 18.0. The van der Waals surface area contributed by atoms with Crippen LogP contribution in [0.15, 0.2) is 48.8 Å². The Balaban J connectivity index is 1.12. The highest BCUT2D eigenvalue weighted by Crippen LogP contribution is 2.61. The van der Waals surface area contributed by atoms with Gasteiger partial charge in [-0.15, -0.1) is 11.3 Å². The third-order valence-corrected chi connectivity index (χ3v) is 10.4. The molecular formula is C32H33FN6O2S. The standard InChI is InChI=1S/C32H33FN6O2S/c1-19-26-29(32(12-13-32)39(30(26)40)18-20-4-7-23(41-3)8-5-20)42-28(19)27-24(33)17-35-31(37-27)36-25-9-6-22(16-34-25)21-10-14-38(2)15-11-21/h4-9,16-17,21H,10-15,18H2,1-3H3,(H,34,35,36,37). The molecule has 1 aliphatic carbocycles. The van der Waals surface area contributed by atoms with Gasteiger partial charge in [0.05, 0.1) is 29.3 Å². The smallest absolute Gasteiger partial charge is 0.256 e. The minimum absolute atomic E-state index is 0.0000290. The summed E-state index contributed by atoms with van der Waals surface area (Å²) < 4.78 is 20.5. The average molecular weight is 585 g/mol. The number of nitrogens with one attached hydrogen (secondary N) is 1. The molecule has 1 N–H and O–H groups in total. The van der Waals surface area contributed by atoms with Crippen LogP contribution in [0.3, 0.4) is 0 Å². The van der Waals surface area contributed by atoms with Crippen LogP contribution in [0.2, 0.25) is 0 Å². The molecule has 1 saturated heterocycles. The lowest BCUT2D eigenvalue weighted by Crippen LogP contribution is -2.33. The Morgan fingerprint density at radius 2 is 1.86 bits per heavy atom. The van der Waals surface area contributed by atoms with Crippen molar-refractivity contribution < 1.29 is 13.9 Å². The SMILES string of the molecule is COc1ccc(CN2C(=O)c3c(sc(-c4nc(Nc5ccc(C6CCN(C)CC6)cn5)ncc4F)c3C)C23CC3)cc1. The van der Waals surface area contributed by atoms with Crippen LogP contribution >= 0.6 is 11.3 Å². The number of likely N-dealkylation sites (tertiary alicyclic amines) is 1. The maximum atomic E-state index is 15.2. The number of piperidine rings is 1. The molecule has 4 aromatic rings. The summed E-state index contributed by atoms with van der Waals surface area (Å²) in [5, 5.41) is 3.14. The second kappa shape index (κ2) is 10.4. The first-order valence-corrected chi connectivity index (χ1v) is 15.2. The number of hydrogen-bond acceptors (Lipinski definition) is 8. The number of ether oxygens (including phenoxy) is 1. The second-order valence-corrected chi connectivity index (χ2v) is 12.6. The van der Waals surface area contributed by atoms with Gasteiger partial charge in [0.15, 0.2) is 5.82 Å². The van der Waals surface area contributed by atoms with E-state index in [1.54, 1.807) is 7.11 Å². The molecule has 1 amide bonds. The van der Waals surface area contributed by atoms with Crippen molar-refractivity contribution in [3.8, 4) is 16.3 Å². The monoisotopic (exact) mass is 584 g/mol. The van der Waals surface area contributed by atoms with Gasteiger partial charge in [0.2, 0.25) is 5.95 Å². The number of carbonyl (C=O) groups excluding carboxylic acids is 1. The molecule has 7 rings (SSSR count). The molecule has 8 nitrogen and oxygen atoms in total. The zero-order chi connectivity index (χ0) is 29.0. The van der Waals surface area contributed by atoms with Gasteiger partial charge in [0.1, 0.15) is 17.3 Å². The number of methoxy groups -OCH3 is 1. The van der Waals surface area contributed by atoms with Crippen LogP contribution < -0.4 is 10.1 Å². The Hall–Kier alpha value is -3.89. The lowest BCUT2D eigenvalue weighted by Gasteiger charge is -2.29. The molecule has 10 heteroatoms. The van der Waals surface area contributed by atoms with Crippen molar-refractivity contribution in [2.75, 3.05) is 32.6 Å². The van der Waals surface area contributed by atoms with Crippen LogP contribution in [0.4, 0.5) is 16.2 Å². The van der Waals surface area contributed by atoms with Crippen molar-refractivity contribution in [3.05, 3.63) is 81.7 Å². The first kappa shape index (κ1) is 27.0. The maximum Gasteiger partial charge on any atom is 0.256 e. The van der Waals surface area contributed by atoms with E-state index in [1.165, 1.54) is 23.1 Å². The summed E-state index contributed by atoms with van der Waals surface area (Å²) >= 11 is 1.48. The number of carbonyl (C=O) groups is 1. The van der Waals surface area contributed by atoms with E-state index in [-0.39, 0.29) is 23.1 Å². The first-order valence-electron chi connectivity index (χ1n) is 14.4. The number of nitrogens with zero attached hydrogens (tertiary/aromatic N) is 5. The minimum Gasteiger partial charge on any atom is -0.497 e. The highest BCUT2D eigenvalue weighted by molar-refractivity contribution is 7.16.